The van der Waals surface area contributed by atoms with Gasteiger partial charge in [0.25, 0.3) is 6.71 Å². The van der Waals surface area contributed by atoms with Gasteiger partial charge in [-0.2, -0.15) is 0 Å². The lowest BCUT2D eigenvalue weighted by Crippen LogP contribution is -2.60. The van der Waals surface area contributed by atoms with Crippen LogP contribution in [0, 0.1) is 0 Å². The summed E-state index contributed by atoms with van der Waals surface area (Å²) in [6, 6.07) is 57.0. The van der Waals surface area contributed by atoms with Crippen LogP contribution in [-0.2, 0) is 60.6 Å². The highest BCUT2D eigenvalue weighted by Crippen LogP contribution is 2.59. The minimum absolute atomic E-state index is 0.00513. The molecular weight excluding hydrogens is 1150 g/mol. The van der Waals surface area contributed by atoms with Crippen molar-refractivity contribution < 1.29 is 0 Å². The van der Waals surface area contributed by atoms with E-state index >= 15 is 0 Å². The highest BCUT2D eigenvalue weighted by Gasteiger charge is 2.51. The molecule has 3 heterocycles. The second kappa shape index (κ2) is 19.9. The highest BCUT2D eigenvalue weighted by molar-refractivity contribution is 7.32. The number of thiophene rings is 1. The fourth-order valence-electron chi connectivity index (χ4n) is 19.9. The molecule has 94 heavy (non-hydrogen) atoms. The predicted molar refractivity (Wildman–Crippen MR) is 407 cm³/mol. The number of nitrogen functional groups attached to an aromatic ring is 1. The average molecular weight is 1260 g/mol. The monoisotopic (exact) mass is 1260 g/mol. The Hall–Kier alpha value is -6.82. The zero-order valence-electron chi connectivity index (χ0n) is 60.3. The zero-order chi connectivity index (χ0) is 66.4. The van der Waals surface area contributed by atoms with Crippen molar-refractivity contribution in [1.29, 1.82) is 0 Å². The molecule has 0 fully saturated rings. The SMILES string of the molecule is CC(C)(C)c1ccc(N(c2cc3c4c(c2)N(c2ccc5c(c2)C(C)(C)CCC5(C)C)c2cc5c(cc2B4c2sc4cc6c(cc4c2C3)C(C)(CC2(C)CCC(C)(C)c3ccc(N)cc32)CCC6(C)C)C(C)(C)CCC5(C)C)c2ccc3c(c2)C(C)(C)c2ccccc2-3)cc1. The largest absolute Gasteiger partial charge is 0.399 e. The number of fused-ring (bicyclic) bond motifs is 13. The van der Waals surface area contributed by atoms with Crippen LogP contribution < -0.4 is 31.2 Å². The first-order valence-electron chi connectivity index (χ1n) is 36.0. The van der Waals surface area contributed by atoms with Gasteiger partial charge in [0.1, 0.15) is 0 Å². The third-order valence-corrected chi connectivity index (χ3v) is 27.5. The normalized spacial score (nSPS) is 23.0. The number of benzene rings is 8. The number of nitrogens with two attached hydrogens (primary N) is 1. The van der Waals surface area contributed by atoms with Crippen LogP contribution in [0.15, 0.2) is 140 Å². The quantitative estimate of drug-likeness (QED) is 0.133. The summed E-state index contributed by atoms with van der Waals surface area (Å²) in [4.78, 5) is 5.42. The lowest BCUT2D eigenvalue weighted by molar-refractivity contribution is 0.208. The maximum atomic E-state index is 6.77. The summed E-state index contributed by atoms with van der Waals surface area (Å²) < 4.78 is 2.99. The Morgan fingerprint density at radius 1 is 0.457 bits per heavy atom. The molecule has 2 aliphatic heterocycles. The van der Waals surface area contributed by atoms with Crippen molar-refractivity contribution in [3.05, 3.63) is 212 Å². The zero-order valence-corrected chi connectivity index (χ0v) is 61.1. The molecule has 8 aromatic carbocycles. The molecule has 0 saturated heterocycles. The molecule has 0 radical (unpaired) electrons. The molecule has 0 saturated carbocycles. The maximum absolute atomic E-state index is 6.77. The van der Waals surface area contributed by atoms with E-state index in [9.17, 15) is 0 Å². The Kier molecular flexibility index (Phi) is 13.1. The number of nitrogens with zero attached hydrogens (tertiary/aromatic N) is 2. The molecule has 1 aromatic heterocycles. The number of hydrogen-bond acceptors (Lipinski definition) is 4. The Balaban J connectivity index is 0.972. The van der Waals surface area contributed by atoms with Crippen LogP contribution in [-0.4, -0.2) is 6.71 Å². The summed E-state index contributed by atoms with van der Waals surface area (Å²) in [6.07, 6.45) is 11.3. The fraction of sp³-hybridized carbons (Fsp3) is 0.438. The minimum Gasteiger partial charge on any atom is -0.399 e. The first-order valence-corrected chi connectivity index (χ1v) is 36.8. The van der Waals surface area contributed by atoms with Gasteiger partial charge in [-0.05, 0) is 296 Å². The molecule has 2 atom stereocenters. The van der Waals surface area contributed by atoms with Crippen LogP contribution in [0.3, 0.4) is 0 Å². The van der Waals surface area contributed by atoms with E-state index < -0.39 is 0 Å². The molecule has 7 aliphatic rings. The van der Waals surface area contributed by atoms with Gasteiger partial charge in [0.2, 0.25) is 0 Å². The molecule has 3 nitrogen and oxygen atoms in total. The molecule has 2 unspecified atom stereocenters. The molecule has 482 valence electrons. The molecule has 5 aliphatic carbocycles. The Bertz CT molecular complexity index is 4700. The van der Waals surface area contributed by atoms with Crippen molar-refractivity contribution >= 4 is 83.6 Å². The van der Waals surface area contributed by atoms with E-state index in [2.05, 4.69) is 292 Å². The van der Waals surface area contributed by atoms with E-state index in [-0.39, 0.29) is 60.9 Å². The summed E-state index contributed by atoms with van der Waals surface area (Å²) in [5.74, 6) is 0. The maximum Gasteiger partial charge on any atom is 0.259 e. The van der Waals surface area contributed by atoms with Gasteiger partial charge < -0.3 is 15.5 Å². The lowest BCUT2D eigenvalue weighted by atomic mass is 9.34. The summed E-state index contributed by atoms with van der Waals surface area (Å²) >= 11 is 2.13. The van der Waals surface area contributed by atoms with Crippen molar-refractivity contribution in [3.63, 3.8) is 0 Å². The molecule has 0 spiro atoms. The van der Waals surface area contributed by atoms with Gasteiger partial charge >= 0.3 is 0 Å². The van der Waals surface area contributed by atoms with Crippen LogP contribution >= 0.6 is 11.3 Å². The van der Waals surface area contributed by atoms with Gasteiger partial charge in [-0.1, -0.05) is 192 Å². The van der Waals surface area contributed by atoms with E-state index in [4.69, 9.17) is 5.73 Å². The van der Waals surface area contributed by atoms with Crippen LogP contribution in [0.5, 0.6) is 0 Å². The first kappa shape index (κ1) is 62.0. The Morgan fingerprint density at radius 3 is 1.65 bits per heavy atom. The second-order valence-electron chi connectivity index (χ2n) is 36.9. The molecular formula is C89H102BN3S. The van der Waals surface area contributed by atoms with Gasteiger partial charge in [0.05, 0.1) is 0 Å². The van der Waals surface area contributed by atoms with Crippen LogP contribution in [0.4, 0.5) is 39.8 Å². The Morgan fingerprint density at radius 2 is 1.00 bits per heavy atom. The predicted octanol–water partition coefficient (Wildman–Crippen LogP) is 22.2. The average Bonchev–Trinajstić information content (AvgIpc) is 1.23. The molecule has 2 N–H and O–H groups in total. The second-order valence-corrected chi connectivity index (χ2v) is 38.0. The summed E-state index contributed by atoms with van der Waals surface area (Å²) in [7, 11) is 0. The topological polar surface area (TPSA) is 32.5 Å². The summed E-state index contributed by atoms with van der Waals surface area (Å²) in [5.41, 5.74) is 40.1. The van der Waals surface area contributed by atoms with E-state index in [1.807, 2.05) is 0 Å². The van der Waals surface area contributed by atoms with Crippen molar-refractivity contribution in [2.75, 3.05) is 15.5 Å². The standard InChI is InChI=1S/C89H102BN3S/c1-80(2,3)54-24-27-56(28-25-54)92(57-29-31-61-60-22-20-21-23-64(60)87(16,17)67(61)45-57)59-42-53-43-63-62-48-73-71(86(14,15)39-41-89(73,19)52-88(18)40-38-82(6,7)66-32-26-55(91)44-72(66)88)51-77(62)94-79(63)90-74-49-69-70(85(12,13)37-36-84(69,10)11)50-75(74)93(76(47-59)78(53)90)58-30-33-65-68(46-58)83(8,9)35-34-81(65,4)5/h20-33,42,44-51H,34-41,43,52,91H2,1-19H3. The van der Waals surface area contributed by atoms with E-state index in [1.54, 1.807) is 15.9 Å². The molecule has 9 aromatic rings. The molecule has 0 amide bonds. The summed E-state index contributed by atoms with van der Waals surface area (Å²) in [5, 5.41) is 1.47. The fourth-order valence-corrected chi connectivity index (χ4v) is 21.3. The number of hydrogen-bond donors (Lipinski definition) is 1. The van der Waals surface area contributed by atoms with E-state index in [0.29, 0.717) is 0 Å². The number of rotatable bonds is 6. The van der Waals surface area contributed by atoms with E-state index in [1.165, 1.54) is 153 Å². The first-order chi connectivity index (χ1) is 44.0. The van der Waals surface area contributed by atoms with Crippen molar-refractivity contribution in [3.8, 4) is 11.1 Å². The third-order valence-electron chi connectivity index (χ3n) is 26.3. The lowest BCUT2D eigenvalue weighted by Gasteiger charge is -2.51. The molecule has 16 rings (SSSR count). The van der Waals surface area contributed by atoms with Crippen molar-refractivity contribution in [2.45, 2.75) is 250 Å². The third kappa shape index (κ3) is 9.13. The van der Waals surface area contributed by atoms with Crippen LogP contribution in [0.2, 0.25) is 0 Å². The van der Waals surface area contributed by atoms with Crippen molar-refractivity contribution in [2.24, 2.45) is 0 Å². The highest BCUT2D eigenvalue weighted by atomic mass is 32.1. The smallest absolute Gasteiger partial charge is 0.259 e. The molecule has 0 bridgehead atoms. The van der Waals surface area contributed by atoms with Crippen molar-refractivity contribution in [1.82, 2.24) is 0 Å². The minimum atomic E-state index is -0.167. The van der Waals surface area contributed by atoms with Gasteiger partial charge in [-0.3, -0.25) is 0 Å². The summed E-state index contributed by atoms with van der Waals surface area (Å²) in [6.45, 7) is 47.2. The Labute approximate surface area is 568 Å². The van der Waals surface area contributed by atoms with Crippen LogP contribution in [0.25, 0.3) is 21.2 Å². The van der Waals surface area contributed by atoms with Crippen LogP contribution in [0.1, 0.15) is 262 Å². The van der Waals surface area contributed by atoms with Gasteiger partial charge in [0, 0.05) is 49.9 Å². The number of anilines is 7. The van der Waals surface area contributed by atoms with Gasteiger partial charge in [0.15, 0.2) is 0 Å². The van der Waals surface area contributed by atoms with Gasteiger partial charge in [-0.25, -0.2) is 0 Å². The molecule has 5 heteroatoms. The van der Waals surface area contributed by atoms with Gasteiger partial charge in [-0.15, -0.1) is 11.3 Å². The van der Waals surface area contributed by atoms with E-state index in [0.717, 1.165) is 44.2 Å².